The number of nitrogens with zero attached hydrogens (tertiary/aromatic N) is 5. The molecule has 2 atom stereocenters. The molecule has 1 aromatic carbocycles. The normalized spacial score (nSPS) is 21.9. The summed E-state index contributed by atoms with van der Waals surface area (Å²) >= 11 is 0.660. The predicted octanol–water partition coefficient (Wildman–Crippen LogP) is 2.41. The van der Waals surface area contributed by atoms with Crippen molar-refractivity contribution in [2.45, 2.75) is 62.6 Å². The first kappa shape index (κ1) is 25.1. The maximum atomic E-state index is 13.4. The number of benzene rings is 1. The molecule has 1 aliphatic carbocycles. The third-order valence-electron chi connectivity index (χ3n) is 6.52. The number of halogens is 2. The minimum Gasteiger partial charge on any atom is -0.368 e. The SMILES string of the molecule is CC1CN(c2cc(S(=O)(=O)NC3(C)CC3)cc3c(-c4nnc(C(F)F)s4)nn(C)c(=O)c23)CC(C)N1. The van der Waals surface area contributed by atoms with Crippen molar-refractivity contribution in [2.75, 3.05) is 18.0 Å². The Morgan fingerprint density at radius 2 is 1.86 bits per heavy atom. The molecule has 2 fully saturated rings. The van der Waals surface area contributed by atoms with Crippen LogP contribution in [-0.4, -0.2) is 59.1 Å². The molecule has 1 aliphatic heterocycles. The van der Waals surface area contributed by atoms with Crippen molar-refractivity contribution in [3.63, 3.8) is 0 Å². The standard InChI is InChI=1S/C22H27F2N7O3S2/c1-11-9-31(10-12(2)25-11)15-8-13(36(33,34)29-22(3)5-6-22)7-14-16(15)21(32)30(4)28-17(14)19-26-27-20(35-19)18(23)24/h7-8,11-12,18,25,29H,5-6,9-10H2,1-4H3. The largest absolute Gasteiger partial charge is 0.368 e. The smallest absolute Gasteiger partial charge is 0.291 e. The van der Waals surface area contributed by atoms with Crippen LogP contribution in [0.15, 0.2) is 21.8 Å². The number of rotatable bonds is 6. The van der Waals surface area contributed by atoms with E-state index in [9.17, 15) is 22.0 Å². The topological polar surface area (TPSA) is 122 Å². The highest BCUT2D eigenvalue weighted by Crippen LogP contribution is 2.39. The summed E-state index contributed by atoms with van der Waals surface area (Å²) in [7, 11) is -2.48. The number of alkyl halides is 2. The fourth-order valence-electron chi connectivity index (χ4n) is 4.60. The zero-order valence-corrected chi connectivity index (χ0v) is 21.9. The lowest BCUT2D eigenvalue weighted by Gasteiger charge is -2.38. The molecule has 0 bridgehead atoms. The molecule has 2 aliphatic rings. The second-order valence-electron chi connectivity index (χ2n) is 9.93. The Morgan fingerprint density at radius 3 is 2.44 bits per heavy atom. The summed E-state index contributed by atoms with van der Waals surface area (Å²) in [4.78, 5) is 15.4. The van der Waals surface area contributed by atoms with Crippen LogP contribution < -0.4 is 20.5 Å². The van der Waals surface area contributed by atoms with Gasteiger partial charge in [0, 0.05) is 43.1 Å². The first-order valence-corrected chi connectivity index (χ1v) is 13.9. The number of anilines is 1. The van der Waals surface area contributed by atoms with Crippen molar-refractivity contribution in [3.8, 4) is 10.7 Å². The molecular weight excluding hydrogens is 512 g/mol. The van der Waals surface area contributed by atoms with Crippen LogP contribution in [0.25, 0.3) is 21.5 Å². The van der Waals surface area contributed by atoms with E-state index in [0.717, 1.165) is 17.5 Å². The van der Waals surface area contributed by atoms with Crippen LogP contribution in [0.4, 0.5) is 14.5 Å². The molecule has 5 rings (SSSR count). The summed E-state index contributed by atoms with van der Waals surface area (Å²) in [5.41, 5.74) is -0.349. The predicted molar refractivity (Wildman–Crippen MR) is 133 cm³/mol. The first-order chi connectivity index (χ1) is 16.9. The summed E-state index contributed by atoms with van der Waals surface area (Å²) < 4.78 is 57.2. The van der Waals surface area contributed by atoms with Crippen molar-refractivity contribution in [1.82, 2.24) is 30.0 Å². The van der Waals surface area contributed by atoms with Crippen LogP contribution >= 0.6 is 11.3 Å². The molecule has 2 N–H and O–H groups in total. The summed E-state index contributed by atoms with van der Waals surface area (Å²) in [5, 5.41) is 15.2. The van der Waals surface area contributed by atoms with E-state index >= 15 is 0 Å². The molecule has 36 heavy (non-hydrogen) atoms. The molecular formula is C22H27F2N7O3S2. The van der Waals surface area contributed by atoms with Crippen LogP contribution in [0.3, 0.4) is 0 Å². The summed E-state index contributed by atoms with van der Waals surface area (Å²) in [6.07, 6.45) is -1.35. The number of hydrogen-bond donors (Lipinski definition) is 2. The number of hydrogen-bond acceptors (Lipinski definition) is 9. The molecule has 0 amide bonds. The molecule has 0 spiro atoms. The van der Waals surface area contributed by atoms with Gasteiger partial charge >= 0.3 is 0 Å². The Kier molecular flexibility index (Phi) is 6.13. The summed E-state index contributed by atoms with van der Waals surface area (Å²) in [5.74, 6) is 0. The Balaban J connectivity index is 1.79. The van der Waals surface area contributed by atoms with E-state index in [1.54, 1.807) is 0 Å². The van der Waals surface area contributed by atoms with Gasteiger partial charge < -0.3 is 10.2 Å². The first-order valence-electron chi connectivity index (χ1n) is 11.6. The van der Waals surface area contributed by atoms with Gasteiger partial charge in [0.2, 0.25) is 10.0 Å². The number of sulfonamides is 1. The van der Waals surface area contributed by atoms with Crippen LogP contribution in [0, 0.1) is 0 Å². The van der Waals surface area contributed by atoms with Gasteiger partial charge in [-0.15, -0.1) is 10.2 Å². The molecule has 194 valence electrons. The maximum absolute atomic E-state index is 13.4. The number of aromatic nitrogens is 4. The number of piperazine rings is 1. The molecule has 10 nitrogen and oxygen atoms in total. The van der Waals surface area contributed by atoms with E-state index in [1.165, 1.54) is 19.2 Å². The third kappa shape index (κ3) is 4.62. The molecule has 1 saturated carbocycles. The zero-order chi connectivity index (χ0) is 26.0. The Morgan fingerprint density at radius 1 is 1.19 bits per heavy atom. The number of fused-ring (bicyclic) bond motifs is 1. The van der Waals surface area contributed by atoms with Crippen LogP contribution in [0.2, 0.25) is 0 Å². The van der Waals surface area contributed by atoms with Crippen molar-refractivity contribution >= 4 is 37.8 Å². The lowest BCUT2D eigenvalue weighted by molar-refractivity contribution is 0.150. The molecule has 14 heteroatoms. The average molecular weight is 540 g/mol. The Labute approximate surface area is 210 Å². The highest BCUT2D eigenvalue weighted by molar-refractivity contribution is 7.89. The van der Waals surface area contributed by atoms with Gasteiger partial charge in [-0.3, -0.25) is 4.79 Å². The van der Waals surface area contributed by atoms with Crippen LogP contribution in [0.5, 0.6) is 0 Å². The second kappa shape index (κ2) is 8.78. The van der Waals surface area contributed by atoms with E-state index in [1.807, 2.05) is 25.7 Å². The van der Waals surface area contributed by atoms with Gasteiger partial charge in [-0.2, -0.15) is 5.10 Å². The number of aryl methyl sites for hydroxylation is 1. The van der Waals surface area contributed by atoms with Crippen LogP contribution in [-0.2, 0) is 17.1 Å². The van der Waals surface area contributed by atoms with E-state index in [-0.39, 0.29) is 38.5 Å². The lowest BCUT2D eigenvalue weighted by atomic mass is 10.1. The minimum absolute atomic E-state index is 0.0214. The molecule has 3 aromatic rings. The summed E-state index contributed by atoms with van der Waals surface area (Å²) in [6, 6.07) is 3.09. The average Bonchev–Trinajstić information content (AvgIpc) is 3.29. The quantitative estimate of drug-likeness (QED) is 0.490. The monoisotopic (exact) mass is 539 g/mol. The van der Waals surface area contributed by atoms with E-state index in [2.05, 4.69) is 25.3 Å². The highest BCUT2D eigenvalue weighted by atomic mass is 32.2. The van der Waals surface area contributed by atoms with Gasteiger partial charge in [-0.25, -0.2) is 26.6 Å². The highest BCUT2D eigenvalue weighted by Gasteiger charge is 2.41. The van der Waals surface area contributed by atoms with Gasteiger partial charge in [0.15, 0.2) is 10.0 Å². The zero-order valence-electron chi connectivity index (χ0n) is 20.2. The summed E-state index contributed by atoms with van der Waals surface area (Å²) in [6.45, 7) is 6.95. The van der Waals surface area contributed by atoms with E-state index in [0.29, 0.717) is 30.1 Å². The second-order valence-corrected chi connectivity index (χ2v) is 12.6. The van der Waals surface area contributed by atoms with Gasteiger partial charge in [0.05, 0.1) is 16.0 Å². The molecule has 1 saturated heterocycles. The van der Waals surface area contributed by atoms with Gasteiger partial charge in [0.25, 0.3) is 12.0 Å². The molecule has 2 unspecified atom stereocenters. The molecule has 2 aromatic heterocycles. The van der Waals surface area contributed by atoms with Gasteiger partial charge in [-0.05, 0) is 45.7 Å². The van der Waals surface area contributed by atoms with Gasteiger partial charge in [-0.1, -0.05) is 11.3 Å². The van der Waals surface area contributed by atoms with Crippen molar-refractivity contribution < 1.29 is 17.2 Å². The lowest BCUT2D eigenvalue weighted by Crippen LogP contribution is -2.54. The molecule has 3 heterocycles. The van der Waals surface area contributed by atoms with E-state index < -0.39 is 32.6 Å². The van der Waals surface area contributed by atoms with Crippen molar-refractivity contribution in [1.29, 1.82) is 0 Å². The van der Waals surface area contributed by atoms with Crippen LogP contribution in [0.1, 0.15) is 45.0 Å². The van der Waals surface area contributed by atoms with Gasteiger partial charge in [0.1, 0.15) is 5.69 Å². The Bertz CT molecular complexity index is 1490. The maximum Gasteiger partial charge on any atom is 0.291 e. The van der Waals surface area contributed by atoms with E-state index in [4.69, 9.17) is 0 Å². The number of nitrogens with one attached hydrogen (secondary N) is 2. The van der Waals surface area contributed by atoms with Crippen molar-refractivity contribution in [3.05, 3.63) is 27.5 Å². The third-order valence-corrected chi connectivity index (χ3v) is 9.08. The fourth-order valence-corrected chi connectivity index (χ4v) is 6.81. The van der Waals surface area contributed by atoms with Crippen molar-refractivity contribution in [2.24, 2.45) is 7.05 Å². The molecule has 0 radical (unpaired) electrons. The fraction of sp³-hybridized carbons (Fsp3) is 0.545. The Hall–Kier alpha value is -2.55. The minimum atomic E-state index is -3.95.